The summed E-state index contributed by atoms with van der Waals surface area (Å²) < 4.78 is 5.91. The summed E-state index contributed by atoms with van der Waals surface area (Å²) in [6.07, 6.45) is 67.5. The second kappa shape index (κ2) is 50.8. The molecule has 0 aliphatic heterocycles. The van der Waals surface area contributed by atoms with Gasteiger partial charge in [-0.05, 0) is 96.3 Å². The first-order chi connectivity index (χ1) is 31.5. The van der Waals surface area contributed by atoms with E-state index in [0.717, 1.165) is 109 Å². The number of unbranched alkanes of at least 4 members (excludes halogenated alkanes) is 20. The number of rotatable bonds is 46. The van der Waals surface area contributed by atoms with Gasteiger partial charge in [0, 0.05) is 6.42 Å². The van der Waals surface area contributed by atoms with Crippen molar-refractivity contribution in [2.75, 3.05) is 6.61 Å². The highest BCUT2D eigenvalue weighted by Crippen LogP contribution is 2.17. The fourth-order valence-electron chi connectivity index (χ4n) is 7.46. The van der Waals surface area contributed by atoms with Crippen molar-refractivity contribution in [3.63, 3.8) is 0 Å². The quantitative estimate of drug-likeness (QED) is 0.0245. The van der Waals surface area contributed by atoms with Crippen LogP contribution in [0.4, 0.5) is 0 Å². The van der Waals surface area contributed by atoms with E-state index in [1.54, 1.807) is 0 Å². The molecule has 64 heavy (non-hydrogen) atoms. The number of esters is 1. The van der Waals surface area contributed by atoms with Gasteiger partial charge in [0.2, 0.25) is 5.91 Å². The van der Waals surface area contributed by atoms with Crippen LogP contribution in [0.1, 0.15) is 233 Å². The van der Waals surface area contributed by atoms with Crippen molar-refractivity contribution < 1.29 is 24.5 Å². The molecule has 1 amide bonds. The minimum Gasteiger partial charge on any atom is -0.462 e. The molecular formula is C58H99NO5. The molecule has 0 bridgehead atoms. The maximum absolute atomic E-state index is 13.2. The second-order valence-corrected chi connectivity index (χ2v) is 17.6. The number of ether oxygens (including phenoxy) is 1. The lowest BCUT2D eigenvalue weighted by atomic mass is 10.0. The summed E-state index contributed by atoms with van der Waals surface area (Å²) >= 11 is 0. The molecule has 0 saturated carbocycles. The van der Waals surface area contributed by atoms with Gasteiger partial charge in [0.15, 0.2) is 0 Å². The van der Waals surface area contributed by atoms with Crippen LogP contribution in [0.5, 0.6) is 0 Å². The summed E-state index contributed by atoms with van der Waals surface area (Å²) in [5.41, 5.74) is 0. The van der Waals surface area contributed by atoms with E-state index in [0.29, 0.717) is 19.3 Å². The van der Waals surface area contributed by atoms with Crippen LogP contribution in [0.3, 0.4) is 0 Å². The molecule has 6 nitrogen and oxygen atoms in total. The van der Waals surface area contributed by atoms with Gasteiger partial charge in [-0.25, -0.2) is 0 Å². The zero-order valence-electron chi connectivity index (χ0n) is 41.6. The standard InChI is InChI=1S/C58H99NO5/c1-4-7-10-13-16-19-22-24-26-28-29-30-32-34-36-39-42-45-48-51-58(63)64-54(49-46-43-40-37-35-33-31-27-25-23-20-17-14-11-8-5-2)52-57(62)59-55(53-60)56(61)50-47-44-41-38-21-18-15-12-9-6-3/h7,10,16,19,23-27,29-31,33-36,54-56,60-61H,4-6,8-9,11-15,17-18,20-22,28,32,37-53H2,1-3H3,(H,59,62)/b10-7-,19-16-,25-23+,26-24-,30-29-,31-27+,35-33+,36-34-. The molecule has 0 aliphatic rings. The van der Waals surface area contributed by atoms with Crippen LogP contribution in [0.25, 0.3) is 0 Å². The molecule has 0 aromatic heterocycles. The number of hydrogen-bond donors (Lipinski definition) is 3. The van der Waals surface area contributed by atoms with Crippen molar-refractivity contribution in [1.82, 2.24) is 5.32 Å². The number of amides is 1. The van der Waals surface area contributed by atoms with Gasteiger partial charge in [-0.2, -0.15) is 0 Å². The number of aliphatic hydroxyl groups is 2. The fraction of sp³-hybridized carbons (Fsp3) is 0.690. The Kier molecular flexibility index (Phi) is 48.2. The summed E-state index contributed by atoms with van der Waals surface area (Å²) in [7, 11) is 0. The van der Waals surface area contributed by atoms with Gasteiger partial charge >= 0.3 is 5.97 Å². The average Bonchev–Trinajstić information content (AvgIpc) is 3.29. The number of hydrogen-bond acceptors (Lipinski definition) is 5. The van der Waals surface area contributed by atoms with Crippen LogP contribution < -0.4 is 5.32 Å². The maximum atomic E-state index is 13.2. The van der Waals surface area contributed by atoms with Crippen molar-refractivity contribution >= 4 is 11.9 Å². The third-order valence-electron chi connectivity index (χ3n) is 11.5. The van der Waals surface area contributed by atoms with E-state index in [4.69, 9.17) is 4.74 Å². The molecule has 0 aromatic carbocycles. The first-order valence-corrected chi connectivity index (χ1v) is 26.5. The molecule has 3 N–H and O–H groups in total. The normalized spacial score (nSPS) is 14.0. The largest absolute Gasteiger partial charge is 0.462 e. The van der Waals surface area contributed by atoms with Gasteiger partial charge in [0.05, 0.1) is 25.2 Å². The van der Waals surface area contributed by atoms with Gasteiger partial charge in [0.1, 0.15) is 6.10 Å². The van der Waals surface area contributed by atoms with Crippen molar-refractivity contribution in [2.45, 2.75) is 251 Å². The van der Waals surface area contributed by atoms with E-state index in [1.165, 1.54) is 77.0 Å². The minimum atomic E-state index is -0.808. The highest BCUT2D eigenvalue weighted by molar-refractivity contribution is 5.77. The Hall–Kier alpha value is -3.22. The molecule has 3 atom stereocenters. The molecule has 0 aromatic rings. The first-order valence-electron chi connectivity index (χ1n) is 26.5. The number of carbonyl (C=O) groups is 2. The zero-order chi connectivity index (χ0) is 46.7. The third kappa shape index (κ3) is 45.4. The van der Waals surface area contributed by atoms with Crippen molar-refractivity contribution in [3.8, 4) is 0 Å². The first kappa shape index (κ1) is 60.8. The molecule has 366 valence electrons. The van der Waals surface area contributed by atoms with Gasteiger partial charge in [-0.1, -0.05) is 221 Å². The number of carbonyl (C=O) groups excluding carboxylic acids is 2. The Bertz CT molecular complexity index is 1270. The van der Waals surface area contributed by atoms with E-state index in [1.807, 2.05) is 0 Å². The average molecular weight is 890 g/mol. The van der Waals surface area contributed by atoms with Crippen molar-refractivity contribution in [2.24, 2.45) is 0 Å². The van der Waals surface area contributed by atoms with E-state index in [9.17, 15) is 19.8 Å². The van der Waals surface area contributed by atoms with Crippen LogP contribution in [-0.4, -0.2) is 46.9 Å². The van der Waals surface area contributed by atoms with E-state index in [-0.39, 0.29) is 24.9 Å². The van der Waals surface area contributed by atoms with E-state index >= 15 is 0 Å². The lowest BCUT2D eigenvalue weighted by molar-refractivity contribution is -0.151. The monoisotopic (exact) mass is 890 g/mol. The van der Waals surface area contributed by atoms with Crippen molar-refractivity contribution in [3.05, 3.63) is 97.2 Å². The molecule has 0 spiro atoms. The fourth-order valence-corrected chi connectivity index (χ4v) is 7.46. The summed E-state index contributed by atoms with van der Waals surface area (Å²) in [5, 5.41) is 23.7. The SMILES string of the molecule is CC/C=C\C/C=C\C/C=C\C/C=C\C/C=C\CCCCCC(=O)OC(CCCCC/C=C/C=C/C=C/CCCCCCC)CC(=O)NC(CO)C(O)CCCCCCCCCCCC. The smallest absolute Gasteiger partial charge is 0.306 e. The van der Waals surface area contributed by atoms with Crippen LogP contribution in [-0.2, 0) is 14.3 Å². The Labute approximate surface area is 395 Å². The van der Waals surface area contributed by atoms with E-state index in [2.05, 4.69) is 123 Å². The Morgan fingerprint density at radius 1 is 0.484 bits per heavy atom. The Balaban J connectivity index is 4.73. The topological polar surface area (TPSA) is 95.9 Å². The predicted molar refractivity (Wildman–Crippen MR) is 277 cm³/mol. The summed E-state index contributed by atoms with van der Waals surface area (Å²) in [6.45, 7) is 6.32. The number of allylic oxidation sites excluding steroid dienone is 16. The van der Waals surface area contributed by atoms with E-state index < -0.39 is 18.2 Å². The second-order valence-electron chi connectivity index (χ2n) is 17.6. The number of nitrogens with one attached hydrogen (secondary N) is 1. The molecule has 0 heterocycles. The molecule has 0 radical (unpaired) electrons. The van der Waals surface area contributed by atoms with Crippen LogP contribution >= 0.6 is 0 Å². The van der Waals surface area contributed by atoms with Gasteiger partial charge in [0.25, 0.3) is 0 Å². The number of aliphatic hydroxyl groups excluding tert-OH is 2. The molecular weight excluding hydrogens is 791 g/mol. The molecule has 6 heteroatoms. The third-order valence-corrected chi connectivity index (χ3v) is 11.5. The predicted octanol–water partition coefficient (Wildman–Crippen LogP) is 16.1. The lowest BCUT2D eigenvalue weighted by Gasteiger charge is -2.24. The van der Waals surface area contributed by atoms with Gasteiger partial charge < -0.3 is 20.3 Å². The summed E-state index contributed by atoms with van der Waals surface area (Å²) in [5.74, 6) is -0.552. The van der Waals surface area contributed by atoms with Crippen LogP contribution in [0, 0.1) is 0 Å². The maximum Gasteiger partial charge on any atom is 0.306 e. The highest BCUT2D eigenvalue weighted by Gasteiger charge is 2.24. The Morgan fingerprint density at radius 2 is 0.906 bits per heavy atom. The summed E-state index contributed by atoms with van der Waals surface area (Å²) in [6, 6.07) is -0.725. The molecule has 0 rings (SSSR count). The minimum absolute atomic E-state index is 0.0360. The zero-order valence-corrected chi connectivity index (χ0v) is 41.6. The van der Waals surface area contributed by atoms with Gasteiger partial charge in [-0.15, -0.1) is 0 Å². The lowest BCUT2D eigenvalue weighted by Crippen LogP contribution is -2.46. The van der Waals surface area contributed by atoms with Crippen LogP contribution in [0.15, 0.2) is 97.2 Å². The Morgan fingerprint density at radius 3 is 1.42 bits per heavy atom. The molecule has 3 unspecified atom stereocenters. The van der Waals surface area contributed by atoms with Gasteiger partial charge in [-0.3, -0.25) is 9.59 Å². The molecule has 0 saturated heterocycles. The summed E-state index contributed by atoms with van der Waals surface area (Å²) in [4.78, 5) is 26.2. The molecule has 0 fully saturated rings. The highest BCUT2D eigenvalue weighted by atomic mass is 16.5. The van der Waals surface area contributed by atoms with Crippen LogP contribution in [0.2, 0.25) is 0 Å². The van der Waals surface area contributed by atoms with Crippen molar-refractivity contribution in [1.29, 1.82) is 0 Å². The molecule has 0 aliphatic carbocycles.